The Morgan fingerprint density at radius 3 is 3.00 bits per heavy atom. The van der Waals surface area contributed by atoms with Gasteiger partial charge in [0.15, 0.2) is 0 Å². The number of carbonyl (C=O) groups excluding carboxylic acids is 2. The molecule has 1 unspecified atom stereocenters. The molecule has 1 atom stereocenters. The van der Waals surface area contributed by atoms with E-state index in [1.807, 2.05) is 0 Å². The van der Waals surface area contributed by atoms with Gasteiger partial charge in [-0.3, -0.25) is 4.79 Å². The van der Waals surface area contributed by atoms with Crippen LogP contribution in [0.4, 0.5) is 9.93 Å². The van der Waals surface area contributed by atoms with E-state index in [2.05, 4.69) is 16.8 Å². The van der Waals surface area contributed by atoms with Crippen LogP contribution < -0.4 is 4.90 Å². The second-order valence-corrected chi connectivity index (χ2v) is 5.11. The number of nitrogens with zero attached hydrogens (tertiary/aromatic N) is 4. The van der Waals surface area contributed by atoms with Crippen LogP contribution >= 0.6 is 11.3 Å². The first-order valence-corrected chi connectivity index (χ1v) is 6.49. The van der Waals surface area contributed by atoms with Gasteiger partial charge >= 0.3 is 12.0 Å². The number of hydrogen-bond acceptors (Lipinski definition) is 6. The molecule has 0 saturated carbocycles. The van der Waals surface area contributed by atoms with E-state index >= 15 is 0 Å². The highest BCUT2D eigenvalue weighted by Gasteiger charge is 2.40. The standard InChI is InChI=1S/C11H14N4O3S/c1-4-5-8-12-13-10(19-8)15-9(18-7(2)16)6-14(3)11(15)17/h4,9H,1,5-6H2,2-3H3. The number of amides is 2. The molecule has 0 N–H and O–H groups in total. The molecule has 1 saturated heterocycles. The number of allylic oxidation sites excluding steroid dienone is 1. The highest BCUT2D eigenvalue weighted by atomic mass is 32.1. The molecule has 2 rings (SSSR count). The Balaban J connectivity index is 2.24. The van der Waals surface area contributed by atoms with Crippen molar-refractivity contribution in [2.45, 2.75) is 19.6 Å². The average Bonchev–Trinajstić information content (AvgIpc) is 2.86. The largest absolute Gasteiger partial charge is 0.439 e. The van der Waals surface area contributed by atoms with E-state index in [9.17, 15) is 9.59 Å². The summed E-state index contributed by atoms with van der Waals surface area (Å²) in [7, 11) is 1.64. The monoisotopic (exact) mass is 282 g/mol. The maximum Gasteiger partial charge on any atom is 0.329 e. The number of ether oxygens (including phenoxy) is 1. The maximum absolute atomic E-state index is 12.0. The molecule has 0 bridgehead atoms. The van der Waals surface area contributed by atoms with E-state index in [0.717, 1.165) is 5.01 Å². The summed E-state index contributed by atoms with van der Waals surface area (Å²) in [6.45, 7) is 5.25. The van der Waals surface area contributed by atoms with Crippen LogP contribution in [0.25, 0.3) is 0 Å². The van der Waals surface area contributed by atoms with E-state index in [-0.39, 0.29) is 6.03 Å². The molecule has 1 aliphatic heterocycles. The first kappa shape index (κ1) is 13.5. The summed E-state index contributed by atoms with van der Waals surface area (Å²) in [5.74, 6) is -0.436. The molecule has 0 radical (unpaired) electrons. The van der Waals surface area contributed by atoms with Gasteiger partial charge in [0.1, 0.15) is 5.01 Å². The van der Waals surface area contributed by atoms with Gasteiger partial charge in [0.25, 0.3) is 0 Å². The summed E-state index contributed by atoms with van der Waals surface area (Å²) >= 11 is 1.28. The first-order chi connectivity index (χ1) is 9.02. The van der Waals surface area contributed by atoms with E-state index in [1.165, 1.54) is 28.1 Å². The van der Waals surface area contributed by atoms with Gasteiger partial charge in [-0.1, -0.05) is 17.4 Å². The summed E-state index contributed by atoms with van der Waals surface area (Å²) in [5.41, 5.74) is 0. The summed E-state index contributed by atoms with van der Waals surface area (Å²) in [5, 5.41) is 9.12. The van der Waals surface area contributed by atoms with Crippen LogP contribution in [0.3, 0.4) is 0 Å². The van der Waals surface area contributed by atoms with Crippen molar-refractivity contribution >= 4 is 28.5 Å². The Bertz CT molecular complexity index is 516. The molecule has 0 aliphatic carbocycles. The van der Waals surface area contributed by atoms with Crippen molar-refractivity contribution < 1.29 is 14.3 Å². The third-order valence-electron chi connectivity index (χ3n) is 2.53. The second-order valence-electron chi connectivity index (χ2n) is 4.07. The van der Waals surface area contributed by atoms with Crippen molar-refractivity contribution in [3.8, 4) is 0 Å². The van der Waals surface area contributed by atoms with Gasteiger partial charge in [-0.05, 0) is 0 Å². The summed E-state index contributed by atoms with van der Waals surface area (Å²) in [6, 6.07) is -0.257. The number of anilines is 1. The Labute approximate surface area is 114 Å². The lowest BCUT2D eigenvalue weighted by Crippen LogP contribution is -2.37. The minimum absolute atomic E-state index is 0.257. The molecule has 102 valence electrons. The van der Waals surface area contributed by atoms with Gasteiger partial charge in [-0.15, -0.1) is 16.8 Å². The molecule has 2 amide bonds. The van der Waals surface area contributed by atoms with Gasteiger partial charge in [-0.2, -0.15) is 0 Å². The van der Waals surface area contributed by atoms with E-state index < -0.39 is 12.2 Å². The van der Waals surface area contributed by atoms with Crippen LogP contribution in [0, 0.1) is 0 Å². The smallest absolute Gasteiger partial charge is 0.329 e. The number of urea groups is 1. The molecule has 7 nitrogen and oxygen atoms in total. The molecule has 1 fully saturated rings. The summed E-state index contributed by atoms with van der Waals surface area (Å²) in [6.07, 6.45) is 1.65. The molecule has 2 heterocycles. The predicted octanol–water partition coefficient (Wildman–Crippen LogP) is 1.03. The van der Waals surface area contributed by atoms with Crippen LogP contribution in [-0.2, 0) is 16.0 Å². The van der Waals surface area contributed by atoms with Crippen molar-refractivity contribution in [2.75, 3.05) is 18.5 Å². The molecule has 1 aromatic heterocycles. The van der Waals surface area contributed by atoms with Crippen LogP contribution in [0.2, 0.25) is 0 Å². The molecule has 8 heteroatoms. The lowest BCUT2D eigenvalue weighted by molar-refractivity contribution is -0.145. The molecular formula is C11H14N4O3S. The molecular weight excluding hydrogens is 268 g/mol. The van der Waals surface area contributed by atoms with E-state index in [4.69, 9.17) is 4.74 Å². The molecule has 19 heavy (non-hydrogen) atoms. The number of esters is 1. The average molecular weight is 282 g/mol. The summed E-state index contributed by atoms with van der Waals surface area (Å²) in [4.78, 5) is 25.9. The van der Waals surface area contributed by atoms with Gasteiger partial charge in [0, 0.05) is 20.4 Å². The predicted molar refractivity (Wildman–Crippen MR) is 69.9 cm³/mol. The number of hydrogen-bond donors (Lipinski definition) is 0. The van der Waals surface area contributed by atoms with Crippen LogP contribution in [0.1, 0.15) is 11.9 Å². The fraction of sp³-hybridized carbons (Fsp3) is 0.455. The third kappa shape index (κ3) is 2.73. The van der Waals surface area contributed by atoms with Crippen LogP contribution in [-0.4, -0.2) is 46.9 Å². The number of likely N-dealkylation sites (N-methyl/N-ethyl adjacent to an activating group) is 1. The zero-order valence-electron chi connectivity index (χ0n) is 10.7. The van der Waals surface area contributed by atoms with Gasteiger partial charge in [0.05, 0.1) is 6.54 Å². The van der Waals surface area contributed by atoms with Crippen molar-refractivity contribution in [1.82, 2.24) is 15.1 Å². The number of rotatable bonds is 4. The van der Waals surface area contributed by atoms with Crippen molar-refractivity contribution in [1.29, 1.82) is 0 Å². The Morgan fingerprint density at radius 1 is 1.63 bits per heavy atom. The van der Waals surface area contributed by atoms with Gasteiger partial charge in [-0.25, -0.2) is 9.69 Å². The van der Waals surface area contributed by atoms with Crippen molar-refractivity contribution in [3.63, 3.8) is 0 Å². The highest BCUT2D eigenvalue weighted by Crippen LogP contribution is 2.28. The topological polar surface area (TPSA) is 75.6 Å². The van der Waals surface area contributed by atoms with Crippen LogP contribution in [0.5, 0.6) is 0 Å². The normalized spacial score (nSPS) is 18.8. The molecule has 1 aromatic rings. The molecule has 1 aliphatic rings. The highest BCUT2D eigenvalue weighted by molar-refractivity contribution is 7.15. The second kappa shape index (κ2) is 5.35. The van der Waals surface area contributed by atoms with Gasteiger partial charge < -0.3 is 9.64 Å². The molecule has 0 aromatic carbocycles. The maximum atomic E-state index is 12.0. The minimum atomic E-state index is -0.653. The van der Waals surface area contributed by atoms with E-state index in [1.54, 1.807) is 13.1 Å². The van der Waals surface area contributed by atoms with Crippen molar-refractivity contribution in [2.24, 2.45) is 0 Å². The first-order valence-electron chi connectivity index (χ1n) is 5.67. The Morgan fingerprint density at radius 2 is 2.37 bits per heavy atom. The third-order valence-corrected chi connectivity index (χ3v) is 3.48. The molecule has 0 spiro atoms. The van der Waals surface area contributed by atoms with Crippen LogP contribution in [0.15, 0.2) is 12.7 Å². The fourth-order valence-electron chi connectivity index (χ4n) is 1.74. The lowest BCUT2D eigenvalue weighted by Gasteiger charge is -2.18. The SMILES string of the molecule is C=CCc1nnc(N2C(=O)N(C)CC2OC(C)=O)s1. The minimum Gasteiger partial charge on any atom is -0.439 e. The summed E-state index contributed by atoms with van der Waals surface area (Å²) < 4.78 is 5.13. The number of carbonyl (C=O) groups is 2. The fourth-order valence-corrected chi connectivity index (χ4v) is 2.60. The van der Waals surface area contributed by atoms with Gasteiger partial charge in [0.2, 0.25) is 11.4 Å². The zero-order chi connectivity index (χ0) is 14.0. The quantitative estimate of drug-likeness (QED) is 0.609. The van der Waals surface area contributed by atoms with Crippen molar-refractivity contribution in [3.05, 3.63) is 17.7 Å². The Hall–Kier alpha value is -1.96. The van der Waals surface area contributed by atoms with E-state index in [0.29, 0.717) is 18.1 Å². The number of aromatic nitrogens is 2. The Kier molecular flexibility index (Phi) is 3.79. The zero-order valence-corrected chi connectivity index (χ0v) is 11.5. The lowest BCUT2D eigenvalue weighted by atomic mass is 10.5.